The van der Waals surface area contributed by atoms with Gasteiger partial charge >= 0.3 is 0 Å². The molecule has 1 fully saturated rings. The molecular formula is C14H15NOS. The molecule has 2 nitrogen and oxygen atoms in total. The van der Waals surface area contributed by atoms with Gasteiger partial charge < -0.3 is 0 Å². The second-order valence-corrected chi connectivity index (χ2v) is 5.67. The number of fused-ring (bicyclic) bond motifs is 1. The van der Waals surface area contributed by atoms with E-state index in [9.17, 15) is 4.79 Å². The van der Waals surface area contributed by atoms with E-state index in [1.54, 1.807) is 17.5 Å². The molecule has 0 atom stereocenters. The average molecular weight is 245 g/mol. The van der Waals surface area contributed by atoms with Crippen molar-refractivity contribution in [3.05, 3.63) is 29.3 Å². The summed E-state index contributed by atoms with van der Waals surface area (Å²) in [4.78, 5) is 16.7. The molecule has 0 unspecified atom stereocenters. The molecule has 0 radical (unpaired) electrons. The Balaban J connectivity index is 1.88. The summed E-state index contributed by atoms with van der Waals surface area (Å²) in [7, 11) is 0. The van der Waals surface area contributed by atoms with Gasteiger partial charge in [-0.25, -0.2) is 0 Å². The number of carbonyl (C=O) groups is 1. The number of hydrogen-bond donors (Lipinski definition) is 0. The van der Waals surface area contributed by atoms with E-state index in [1.165, 1.54) is 19.3 Å². The molecule has 0 amide bonds. The molecule has 1 saturated carbocycles. The van der Waals surface area contributed by atoms with Crippen molar-refractivity contribution >= 4 is 27.3 Å². The first-order valence-corrected chi connectivity index (χ1v) is 7.10. The third-order valence-electron chi connectivity index (χ3n) is 3.56. The number of Topliss-reactive ketones (excluding diaryl/α,β-unsaturated/α-hetero) is 1. The fourth-order valence-electron chi connectivity index (χ4n) is 2.58. The molecule has 0 saturated heterocycles. The molecule has 1 aliphatic carbocycles. The fourth-order valence-corrected chi connectivity index (χ4v) is 3.36. The molecule has 0 aromatic carbocycles. The highest BCUT2D eigenvalue weighted by atomic mass is 32.1. The second kappa shape index (κ2) is 4.57. The number of aromatic nitrogens is 1. The van der Waals surface area contributed by atoms with Gasteiger partial charge in [-0.05, 0) is 30.4 Å². The van der Waals surface area contributed by atoms with E-state index in [4.69, 9.17) is 0 Å². The van der Waals surface area contributed by atoms with E-state index < -0.39 is 0 Å². The van der Waals surface area contributed by atoms with Crippen LogP contribution in [0.2, 0.25) is 0 Å². The molecule has 2 heterocycles. The zero-order valence-corrected chi connectivity index (χ0v) is 10.5. The summed E-state index contributed by atoms with van der Waals surface area (Å²) in [6.45, 7) is 0. The van der Waals surface area contributed by atoms with Crippen molar-refractivity contribution in [1.82, 2.24) is 4.98 Å². The van der Waals surface area contributed by atoms with Crippen LogP contribution in [-0.4, -0.2) is 10.8 Å². The van der Waals surface area contributed by atoms with E-state index in [2.05, 4.69) is 4.98 Å². The first-order chi connectivity index (χ1) is 8.34. The van der Waals surface area contributed by atoms with Crippen LogP contribution < -0.4 is 0 Å². The van der Waals surface area contributed by atoms with E-state index >= 15 is 0 Å². The summed E-state index contributed by atoms with van der Waals surface area (Å²) in [6, 6.07) is 4.00. The monoisotopic (exact) mass is 245 g/mol. The maximum atomic E-state index is 12.3. The van der Waals surface area contributed by atoms with E-state index in [-0.39, 0.29) is 5.92 Å². The normalized spacial score (nSPS) is 17.4. The predicted octanol–water partition coefficient (Wildman–Crippen LogP) is 4.06. The highest BCUT2D eigenvalue weighted by molar-refractivity contribution is 7.17. The van der Waals surface area contributed by atoms with Gasteiger partial charge in [0.25, 0.3) is 0 Å². The number of hydrogen-bond acceptors (Lipinski definition) is 3. The Morgan fingerprint density at radius 2 is 2.12 bits per heavy atom. The average Bonchev–Trinajstić information content (AvgIpc) is 2.86. The van der Waals surface area contributed by atoms with Crippen molar-refractivity contribution in [2.75, 3.05) is 0 Å². The van der Waals surface area contributed by atoms with Crippen LogP contribution in [0.25, 0.3) is 10.2 Å². The summed E-state index contributed by atoms with van der Waals surface area (Å²) in [6.07, 6.45) is 7.54. The predicted molar refractivity (Wildman–Crippen MR) is 70.5 cm³/mol. The lowest BCUT2D eigenvalue weighted by atomic mass is 9.84. The van der Waals surface area contributed by atoms with Crippen LogP contribution >= 0.6 is 11.3 Å². The van der Waals surface area contributed by atoms with E-state index in [0.717, 1.165) is 28.6 Å². The molecule has 1 aliphatic rings. The Bertz CT molecular complexity index is 540. The highest BCUT2D eigenvalue weighted by Gasteiger charge is 2.22. The van der Waals surface area contributed by atoms with Crippen LogP contribution in [0.3, 0.4) is 0 Å². The van der Waals surface area contributed by atoms with Crippen LogP contribution in [0.15, 0.2) is 23.7 Å². The zero-order chi connectivity index (χ0) is 11.7. The summed E-state index contributed by atoms with van der Waals surface area (Å²) in [5.41, 5.74) is 1.79. The van der Waals surface area contributed by atoms with E-state index in [0.29, 0.717) is 5.78 Å². The minimum Gasteiger partial charge on any atom is -0.294 e. The summed E-state index contributed by atoms with van der Waals surface area (Å²) in [5, 5.41) is 2.02. The third-order valence-corrected chi connectivity index (χ3v) is 4.42. The number of thiophene rings is 1. The molecular weight excluding hydrogens is 230 g/mol. The van der Waals surface area contributed by atoms with E-state index in [1.807, 2.05) is 17.5 Å². The highest BCUT2D eigenvalue weighted by Crippen LogP contribution is 2.28. The van der Waals surface area contributed by atoms with Crippen LogP contribution in [0.1, 0.15) is 42.5 Å². The van der Waals surface area contributed by atoms with Crippen LogP contribution in [0.5, 0.6) is 0 Å². The second-order valence-electron chi connectivity index (χ2n) is 4.73. The van der Waals surface area contributed by atoms with Gasteiger partial charge in [0.1, 0.15) is 0 Å². The van der Waals surface area contributed by atoms with Gasteiger partial charge in [-0.15, -0.1) is 11.3 Å². The minimum absolute atomic E-state index is 0.239. The maximum absolute atomic E-state index is 12.3. The number of ketones is 1. The van der Waals surface area contributed by atoms with Crippen molar-refractivity contribution in [2.45, 2.75) is 32.1 Å². The van der Waals surface area contributed by atoms with Gasteiger partial charge in [0.05, 0.1) is 10.2 Å². The van der Waals surface area contributed by atoms with Crippen molar-refractivity contribution in [1.29, 1.82) is 0 Å². The summed E-state index contributed by atoms with van der Waals surface area (Å²) < 4.78 is 1.12. The lowest BCUT2D eigenvalue weighted by Crippen LogP contribution is -2.17. The quantitative estimate of drug-likeness (QED) is 0.747. The lowest BCUT2D eigenvalue weighted by molar-refractivity contribution is 0.0889. The van der Waals surface area contributed by atoms with Crippen molar-refractivity contribution in [2.24, 2.45) is 5.92 Å². The Hall–Kier alpha value is -1.22. The molecule has 0 N–H and O–H groups in total. The van der Waals surface area contributed by atoms with Gasteiger partial charge in [0.2, 0.25) is 0 Å². The lowest BCUT2D eigenvalue weighted by Gasteiger charge is -2.20. The number of rotatable bonds is 2. The molecule has 88 valence electrons. The molecule has 3 heteroatoms. The molecule has 0 bridgehead atoms. The number of nitrogens with zero attached hydrogens (tertiary/aromatic N) is 1. The van der Waals surface area contributed by atoms with Crippen molar-refractivity contribution in [3.63, 3.8) is 0 Å². The summed E-state index contributed by atoms with van der Waals surface area (Å²) >= 11 is 1.65. The Kier molecular flexibility index (Phi) is 2.93. The first-order valence-electron chi connectivity index (χ1n) is 6.22. The molecule has 0 aliphatic heterocycles. The fraction of sp³-hybridized carbons (Fsp3) is 0.429. The number of carbonyl (C=O) groups excluding carboxylic acids is 1. The number of pyridine rings is 1. The van der Waals surface area contributed by atoms with Gasteiger partial charge in [-0.3, -0.25) is 9.78 Å². The molecule has 17 heavy (non-hydrogen) atoms. The van der Waals surface area contributed by atoms with Crippen LogP contribution in [0.4, 0.5) is 0 Å². The minimum atomic E-state index is 0.239. The SMILES string of the molecule is O=C(c1cnc2ccsc2c1)C1CCCCC1. The molecule has 2 aromatic rings. The third kappa shape index (κ3) is 2.12. The molecule has 3 rings (SSSR count). The van der Waals surface area contributed by atoms with Crippen molar-refractivity contribution < 1.29 is 4.79 Å². The van der Waals surface area contributed by atoms with Crippen LogP contribution in [-0.2, 0) is 0 Å². The summed E-state index contributed by atoms with van der Waals surface area (Å²) in [5.74, 6) is 0.537. The first kappa shape index (κ1) is 10.9. The van der Waals surface area contributed by atoms with Gasteiger partial charge in [0, 0.05) is 17.7 Å². The Morgan fingerprint density at radius 3 is 2.94 bits per heavy atom. The van der Waals surface area contributed by atoms with Gasteiger partial charge in [-0.1, -0.05) is 19.3 Å². The van der Waals surface area contributed by atoms with Gasteiger partial charge in [0.15, 0.2) is 5.78 Å². The van der Waals surface area contributed by atoms with Crippen molar-refractivity contribution in [3.8, 4) is 0 Å². The van der Waals surface area contributed by atoms with Crippen LogP contribution in [0, 0.1) is 5.92 Å². The Morgan fingerprint density at radius 1 is 1.29 bits per heavy atom. The Labute approximate surface area is 105 Å². The van der Waals surface area contributed by atoms with Gasteiger partial charge in [-0.2, -0.15) is 0 Å². The molecule has 2 aromatic heterocycles. The largest absolute Gasteiger partial charge is 0.294 e. The maximum Gasteiger partial charge on any atom is 0.167 e. The topological polar surface area (TPSA) is 30.0 Å². The molecule has 0 spiro atoms. The standard InChI is InChI=1S/C14H15NOS/c16-14(10-4-2-1-3-5-10)11-8-13-12(15-9-11)6-7-17-13/h6-10H,1-5H2. The smallest absolute Gasteiger partial charge is 0.167 e. The zero-order valence-electron chi connectivity index (χ0n) is 9.69.